The van der Waals surface area contributed by atoms with Crippen molar-refractivity contribution in [3.05, 3.63) is 57.2 Å². The van der Waals surface area contributed by atoms with Crippen molar-refractivity contribution < 1.29 is 18.7 Å². The maximum absolute atomic E-state index is 12.9. The molecular weight excluding hydrogens is 435 g/mol. The van der Waals surface area contributed by atoms with Gasteiger partial charge >= 0.3 is 0 Å². The lowest BCUT2D eigenvalue weighted by atomic mass is 9.97. The monoisotopic (exact) mass is 458 g/mol. The Morgan fingerprint density at radius 3 is 2.75 bits per heavy atom. The van der Waals surface area contributed by atoms with Gasteiger partial charge in [-0.2, -0.15) is 0 Å². The Morgan fingerprint density at radius 1 is 1.22 bits per heavy atom. The lowest BCUT2D eigenvalue weighted by Gasteiger charge is -2.15. The summed E-state index contributed by atoms with van der Waals surface area (Å²) in [4.78, 5) is 43.6. The number of nitrogens with one attached hydrogen (secondary N) is 2. The minimum atomic E-state index is -0.903. The number of amides is 2. The lowest BCUT2D eigenvalue weighted by molar-refractivity contribution is -0.132. The summed E-state index contributed by atoms with van der Waals surface area (Å²) in [5.74, 6) is -1.09. The summed E-state index contributed by atoms with van der Waals surface area (Å²) in [5.41, 5.74) is 5.58. The topological polar surface area (TPSA) is 102 Å². The molecule has 2 amide bonds. The fourth-order valence-electron chi connectivity index (χ4n) is 3.63. The van der Waals surface area contributed by atoms with Crippen molar-refractivity contribution in [2.75, 3.05) is 0 Å². The molecule has 4 rings (SSSR count). The normalized spacial score (nSPS) is 13.9. The molecule has 0 saturated carbocycles. The van der Waals surface area contributed by atoms with Gasteiger partial charge in [0.1, 0.15) is 16.4 Å². The number of aromatic nitrogens is 2. The first kappa shape index (κ1) is 21.9. The van der Waals surface area contributed by atoms with E-state index < -0.39 is 23.7 Å². The van der Waals surface area contributed by atoms with Gasteiger partial charge in [-0.25, -0.2) is 9.37 Å². The minimum Gasteiger partial charge on any atom is -0.481 e. The van der Waals surface area contributed by atoms with E-state index >= 15 is 0 Å². The Morgan fingerprint density at radius 2 is 1.97 bits per heavy atom. The van der Waals surface area contributed by atoms with Gasteiger partial charge in [-0.1, -0.05) is 0 Å². The van der Waals surface area contributed by atoms with Gasteiger partial charge in [0.15, 0.2) is 6.10 Å². The number of thiophene rings is 1. The van der Waals surface area contributed by atoms with E-state index in [0.29, 0.717) is 11.1 Å². The molecule has 10 heteroatoms. The molecule has 1 aliphatic rings. The van der Waals surface area contributed by atoms with Gasteiger partial charge in [-0.05, 0) is 62.4 Å². The number of carbonyl (C=O) groups excluding carboxylic acids is 2. The molecule has 0 fully saturated rings. The van der Waals surface area contributed by atoms with Gasteiger partial charge in [0.2, 0.25) is 5.91 Å². The van der Waals surface area contributed by atoms with E-state index in [4.69, 9.17) is 4.74 Å². The average molecular weight is 459 g/mol. The average Bonchev–Trinajstić information content (AvgIpc) is 3.18. The number of aryl methyl sites for hydroxylation is 3. The summed E-state index contributed by atoms with van der Waals surface area (Å²) in [5, 5.41) is 0.674. The number of fused-ring (bicyclic) bond motifs is 3. The summed E-state index contributed by atoms with van der Waals surface area (Å²) in [6.07, 6.45) is 4.64. The highest BCUT2D eigenvalue weighted by molar-refractivity contribution is 7.18. The lowest BCUT2D eigenvalue weighted by Crippen LogP contribution is -2.47. The fourth-order valence-corrected chi connectivity index (χ4v) is 4.85. The maximum Gasteiger partial charge on any atom is 0.279 e. The van der Waals surface area contributed by atoms with Crippen molar-refractivity contribution in [2.24, 2.45) is 0 Å². The molecule has 1 aliphatic carbocycles. The Bertz CT molecular complexity index is 1210. The Balaban J connectivity index is 1.30. The number of hydrazine groups is 1. The van der Waals surface area contributed by atoms with E-state index in [2.05, 4.69) is 15.8 Å². The maximum atomic E-state index is 12.9. The smallest absolute Gasteiger partial charge is 0.279 e. The van der Waals surface area contributed by atoms with Gasteiger partial charge in [-0.15, -0.1) is 11.3 Å². The number of rotatable bonds is 6. The largest absolute Gasteiger partial charge is 0.481 e. The summed E-state index contributed by atoms with van der Waals surface area (Å²) < 4.78 is 19.8. The van der Waals surface area contributed by atoms with Crippen LogP contribution in [0.4, 0.5) is 4.39 Å². The highest BCUT2D eigenvalue weighted by Crippen LogP contribution is 2.33. The Hall–Kier alpha value is -3.27. The first-order chi connectivity index (χ1) is 15.4. The van der Waals surface area contributed by atoms with E-state index in [0.717, 1.165) is 36.1 Å². The zero-order valence-corrected chi connectivity index (χ0v) is 18.3. The molecule has 168 valence electrons. The number of hydrogen-bond donors (Lipinski definition) is 2. The molecule has 2 N–H and O–H groups in total. The van der Waals surface area contributed by atoms with Crippen LogP contribution in [0.25, 0.3) is 10.2 Å². The van der Waals surface area contributed by atoms with E-state index in [1.54, 1.807) is 11.3 Å². The van der Waals surface area contributed by atoms with Crippen LogP contribution in [0.2, 0.25) is 0 Å². The number of halogens is 1. The van der Waals surface area contributed by atoms with Gasteiger partial charge in [-0.3, -0.25) is 29.8 Å². The minimum absolute atomic E-state index is 0.00704. The summed E-state index contributed by atoms with van der Waals surface area (Å²) in [6.45, 7) is 1.66. The van der Waals surface area contributed by atoms with E-state index in [9.17, 15) is 18.8 Å². The van der Waals surface area contributed by atoms with Crippen LogP contribution >= 0.6 is 11.3 Å². The molecule has 0 spiro atoms. The number of carbonyl (C=O) groups is 2. The van der Waals surface area contributed by atoms with Crippen molar-refractivity contribution in [1.82, 2.24) is 20.4 Å². The van der Waals surface area contributed by atoms with Crippen LogP contribution in [0.1, 0.15) is 36.6 Å². The van der Waals surface area contributed by atoms with Crippen molar-refractivity contribution in [2.45, 2.75) is 51.7 Å². The SMILES string of the molecule is CC(Oc1ccc(F)cc1)C(=O)NNC(=O)CCn1cnc2sc3c(c2c1=O)CCCC3. The molecule has 2 heterocycles. The van der Waals surface area contributed by atoms with Crippen LogP contribution in [-0.2, 0) is 29.0 Å². The Kier molecular flexibility index (Phi) is 6.50. The first-order valence-electron chi connectivity index (χ1n) is 10.4. The first-order valence-corrected chi connectivity index (χ1v) is 11.2. The standard InChI is InChI=1S/C22H23FN4O4S/c1-13(31-15-8-6-14(23)7-9-15)20(29)26-25-18(28)10-11-27-12-24-21-19(22(27)30)16-4-2-3-5-17(16)32-21/h6-9,12-13H,2-5,10-11H2,1H3,(H,25,28)(H,26,29). The second-order valence-electron chi connectivity index (χ2n) is 7.64. The molecule has 0 radical (unpaired) electrons. The highest BCUT2D eigenvalue weighted by Gasteiger charge is 2.20. The third-order valence-corrected chi connectivity index (χ3v) is 6.54. The number of benzene rings is 1. The summed E-state index contributed by atoms with van der Waals surface area (Å²) in [7, 11) is 0. The third-order valence-electron chi connectivity index (χ3n) is 5.34. The molecule has 0 bridgehead atoms. The predicted molar refractivity (Wildman–Crippen MR) is 118 cm³/mol. The van der Waals surface area contributed by atoms with Crippen LogP contribution in [0.3, 0.4) is 0 Å². The molecule has 3 aromatic rings. The molecule has 1 unspecified atom stereocenters. The molecular formula is C22H23FN4O4S. The third kappa shape index (κ3) is 4.80. The fraction of sp³-hybridized carbons (Fsp3) is 0.364. The summed E-state index contributed by atoms with van der Waals surface area (Å²) in [6, 6.07) is 5.26. The summed E-state index contributed by atoms with van der Waals surface area (Å²) >= 11 is 1.58. The second kappa shape index (κ2) is 9.47. The van der Waals surface area contributed by atoms with E-state index in [1.807, 2.05) is 0 Å². The van der Waals surface area contributed by atoms with Gasteiger partial charge in [0.25, 0.3) is 11.5 Å². The van der Waals surface area contributed by atoms with Crippen LogP contribution in [0.15, 0.2) is 35.4 Å². The molecule has 0 aliphatic heterocycles. The zero-order valence-electron chi connectivity index (χ0n) is 17.5. The van der Waals surface area contributed by atoms with Crippen molar-refractivity contribution in [1.29, 1.82) is 0 Å². The van der Waals surface area contributed by atoms with Crippen molar-refractivity contribution in [3.63, 3.8) is 0 Å². The second-order valence-corrected chi connectivity index (χ2v) is 8.72. The molecule has 32 heavy (non-hydrogen) atoms. The van der Waals surface area contributed by atoms with Crippen LogP contribution < -0.4 is 21.1 Å². The molecule has 1 atom stereocenters. The quantitative estimate of drug-likeness (QED) is 0.553. The predicted octanol–water partition coefficient (Wildman–Crippen LogP) is 2.48. The van der Waals surface area contributed by atoms with Gasteiger partial charge < -0.3 is 4.74 Å². The van der Waals surface area contributed by atoms with E-state index in [1.165, 1.54) is 47.0 Å². The van der Waals surface area contributed by atoms with Gasteiger partial charge in [0, 0.05) is 17.8 Å². The molecule has 8 nitrogen and oxygen atoms in total. The zero-order chi connectivity index (χ0) is 22.7. The molecule has 1 aromatic carbocycles. The van der Waals surface area contributed by atoms with Crippen LogP contribution in [-0.4, -0.2) is 27.5 Å². The molecule has 0 saturated heterocycles. The number of hydrogen-bond acceptors (Lipinski definition) is 6. The number of ether oxygens (including phenoxy) is 1. The van der Waals surface area contributed by atoms with Crippen molar-refractivity contribution >= 4 is 33.4 Å². The highest BCUT2D eigenvalue weighted by atomic mass is 32.1. The van der Waals surface area contributed by atoms with Crippen LogP contribution in [0.5, 0.6) is 5.75 Å². The van der Waals surface area contributed by atoms with Gasteiger partial charge in [0.05, 0.1) is 11.7 Å². The van der Waals surface area contributed by atoms with E-state index in [-0.39, 0.29) is 18.5 Å². The number of nitrogens with zero attached hydrogens (tertiary/aromatic N) is 2. The van der Waals surface area contributed by atoms with Crippen molar-refractivity contribution in [3.8, 4) is 5.75 Å². The van der Waals surface area contributed by atoms with Crippen LogP contribution in [0, 0.1) is 5.82 Å². The Labute approximate surface area is 187 Å². The molecule has 2 aromatic heterocycles.